The summed E-state index contributed by atoms with van der Waals surface area (Å²) < 4.78 is 5.08. The Morgan fingerprint density at radius 3 is 2.70 bits per heavy atom. The molecule has 6 nitrogen and oxygen atoms in total. The van der Waals surface area contributed by atoms with E-state index >= 15 is 0 Å². The molecule has 2 N–H and O–H groups in total. The van der Waals surface area contributed by atoms with Gasteiger partial charge in [0.25, 0.3) is 5.91 Å². The van der Waals surface area contributed by atoms with Gasteiger partial charge in [-0.05, 0) is 50.8 Å². The van der Waals surface area contributed by atoms with Crippen LogP contribution in [-0.4, -0.2) is 43.1 Å². The van der Waals surface area contributed by atoms with Crippen molar-refractivity contribution in [2.75, 3.05) is 31.1 Å². The van der Waals surface area contributed by atoms with Crippen molar-refractivity contribution in [3.8, 4) is 0 Å². The van der Waals surface area contributed by atoms with Crippen LogP contribution in [0.25, 0.3) is 0 Å². The Balaban J connectivity index is 1.59. The second-order valence-corrected chi connectivity index (χ2v) is 6.99. The Kier molecular flexibility index (Phi) is 5.84. The van der Waals surface area contributed by atoms with E-state index in [9.17, 15) is 9.59 Å². The first-order valence-electron chi connectivity index (χ1n) is 9.45. The van der Waals surface area contributed by atoms with Crippen molar-refractivity contribution in [3.05, 3.63) is 52.8 Å². The van der Waals surface area contributed by atoms with Gasteiger partial charge in [-0.25, -0.2) is 4.79 Å². The lowest BCUT2D eigenvalue weighted by atomic mass is 10.1. The van der Waals surface area contributed by atoms with Gasteiger partial charge in [-0.1, -0.05) is 18.2 Å². The highest BCUT2D eigenvalue weighted by Gasteiger charge is 2.25. The zero-order valence-electron chi connectivity index (χ0n) is 16.2. The predicted molar refractivity (Wildman–Crippen MR) is 105 cm³/mol. The summed E-state index contributed by atoms with van der Waals surface area (Å²) in [7, 11) is 0. The highest BCUT2D eigenvalue weighted by atomic mass is 16.5. The molecule has 0 aliphatic carbocycles. The van der Waals surface area contributed by atoms with Crippen LogP contribution < -0.4 is 10.2 Å². The molecular weight excluding hydrogens is 342 g/mol. The zero-order valence-corrected chi connectivity index (χ0v) is 16.2. The zero-order chi connectivity index (χ0) is 19.4. The maximum absolute atomic E-state index is 12.6. The quantitative estimate of drug-likeness (QED) is 0.768. The van der Waals surface area contributed by atoms with Crippen molar-refractivity contribution in [1.29, 1.82) is 0 Å². The fourth-order valence-corrected chi connectivity index (χ4v) is 3.68. The lowest BCUT2D eigenvalue weighted by Gasteiger charge is -2.18. The molecule has 27 heavy (non-hydrogen) atoms. The third kappa shape index (κ3) is 4.15. The topological polar surface area (TPSA) is 74.4 Å². The van der Waals surface area contributed by atoms with Crippen LogP contribution >= 0.6 is 0 Å². The molecule has 2 heterocycles. The van der Waals surface area contributed by atoms with Crippen LogP contribution in [0.5, 0.6) is 0 Å². The second-order valence-electron chi connectivity index (χ2n) is 6.99. The highest BCUT2D eigenvalue weighted by molar-refractivity contribution is 6.00. The Bertz CT molecular complexity index is 814. The normalized spacial score (nSPS) is 16.4. The van der Waals surface area contributed by atoms with Gasteiger partial charge in [-0.2, -0.15) is 0 Å². The summed E-state index contributed by atoms with van der Waals surface area (Å²) in [5.74, 6) is -0.156. The summed E-state index contributed by atoms with van der Waals surface area (Å²) in [4.78, 5) is 30.1. The lowest BCUT2D eigenvalue weighted by Crippen LogP contribution is -2.31. The molecule has 1 aromatic heterocycles. The number of rotatable bonds is 6. The van der Waals surface area contributed by atoms with Crippen LogP contribution in [0.1, 0.15) is 45.4 Å². The van der Waals surface area contributed by atoms with Gasteiger partial charge in [0.1, 0.15) is 5.69 Å². The third-order valence-corrected chi connectivity index (χ3v) is 5.10. The number of carbonyl (C=O) groups excluding carboxylic acids is 2. The number of carbonyl (C=O) groups is 2. The molecule has 1 unspecified atom stereocenters. The Morgan fingerprint density at radius 1 is 1.26 bits per heavy atom. The molecule has 0 radical (unpaired) electrons. The summed E-state index contributed by atoms with van der Waals surface area (Å²) in [6, 6.07) is 10.3. The molecule has 1 amide bonds. The van der Waals surface area contributed by atoms with Crippen LogP contribution in [0.15, 0.2) is 30.3 Å². The molecule has 3 rings (SSSR count). The second kappa shape index (κ2) is 8.29. The summed E-state index contributed by atoms with van der Waals surface area (Å²) >= 11 is 0. The van der Waals surface area contributed by atoms with Crippen molar-refractivity contribution in [2.45, 2.75) is 27.2 Å². The van der Waals surface area contributed by atoms with E-state index in [2.05, 4.69) is 27.3 Å². The van der Waals surface area contributed by atoms with E-state index in [1.807, 2.05) is 18.2 Å². The van der Waals surface area contributed by atoms with Gasteiger partial charge in [0.05, 0.1) is 12.2 Å². The average Bonchev–Trinajstić information content (AvgIpc) is 3.25. The molecule has 6 heteroatoms. The van der Waals surface area contributed by atoms with Crippen molar-refractivity contribution in [1.82, 2.24) is 10.3 Å². The van der Waals surface area contributed by atoms with Crippen LogP contribution in [0, 0.1) is 19.8 Å². The standard InChI is InChI=1S/C21H27N3O3/c1-4-27-21(26)18-14(2)19(23-15(18)3)20(25)22-12-16-10-11-24(13-16)17-8-6-5-7-9-17/h5-9,16,23H,4,10-13H2,1-3H3,(H,22,25). The smallest absolute Gasteiger partial charge is 0.340 e. The van der Waals surface area contributed by atoms with Gasteiger partial charge >= 0.3 is 5.97 Å². The maximum Gasteiger partial charge on any atom is 0.340 e. The minimum Gasteiger partial charge on any atom is -0.462 e. The van der Waals surface area contributed by atoms with E-state index in [0.29, 0.717) is 41.6 Å². The van der Waals surface area contributed by atoms with E-state index in [0.717, 1.165) is 19.5 Å². The highest BCUT2D eigenvalue weighted by Crippen LogP contribution is 2.23. The first-order valence-corrected chi connectivity index (χ1v) is 9.45. The number of esters is 1. The Hall–Kier alpha value is -2.76. The summed E-state index contributed by atoms with van der Waals surface area (Å²) in [6.45, 7) is 8.18. The Morgan fingerprint density at radius 2 is 2.00 bits per heavy atom. The molecule has 0 spiro atoms. The molecular formula is C21H27N3O3. The van der Waals surface area contributed by atoms with Gasteiger partial charge in [-0.15, -0.1) is 0 Å². The number of aromatic nitrogens is 1. The summed E-state index contributed by atoms with van der Waals surface area (Å²) in [6.07, 6.45) is 1.05. The average molecular weight is 369 g/mol. The number of ether oxygens (including phenoxy) is 1. The lowest BCUT2D eigenvalue weighted by molar-refractivity contribution is 0.0525. The molecule has 1 aliphatic rings. The van der Waals surface area contributed by atoms with Gasteiger partial charge in [-0.3, -0.25) is 4.79 Å². The number of hydrogen-bond acceptors (Lipinski definition) is 4. The van der Waals surface area contributed by atoms with Crippen molar-refractivity contribution in [2.24, 2.45) is 5.92 Å². The van der Waals surface area contributed by atoms with E-state index < -0.39 is 5.97 Å². The number of aryl methyl sites for hydroxylation is 1. The van der Waals surface area contributed by atoms with Gasteiger partial charge in [0.2, 0.25) is 0 Å². The molecule has 1 aromatic carbocycles. The molecule has 0 saturated carbocycles. The fraction of sp³-hybridized carbons (Fsp3) is 0.429. The van der Waals surface area contributed by atoms with E-state index in [-0.39, 0.29) is 5.91 Å². The number of hydrogen-bond donors (Lipinski definition) is 2. The van der Waals surface area contributed by atoms with Crippen molar-refractivity contribution >= 4 is 17.6 Å². The van der Waals surface area contributed by atoms with E-state index in [1.54, 1.807) is 20.8 Å². The Labute approximate surface area is 159 Å². The summed E-state index contributed by atoms with van der Waals surface area (Å²) in [5.41, 5.74) is 3.42. The van der Waals surface area contributed by atoms with Gasteiger partial charge < -0.3 is 19.9 Å². The SMILES string of the molecule is CCOC(=O)c1c(C)[nH]c(C(=O)NCC2CCN(c3ccccc3)C2)c1C. The number of benzene rings is 1. The molecule has 1 saturated heterocycles. The predicted octanol–water partition coefficient (Wildman–Crippen LogP) is 3.06. The molecule has 2 aromatic rings. The van der Waals surface area contributed by atoms with Crippen LogP contribution in [-0.2, 0) is 4.74 Å². The first-order chi connectivity index (χ1) is 13.0. The van der Waals surface area contributed by atoms with E-state index in [4.69, 9.17) is 4.74 Å². The van der Waals surface area contributed by atoms with Crippen molar-refractivity contribution in [3.63, 3.8) is 0 Å². The molecule has 1 aliphatic heterocycles. The van der Waals surface area contributed by atoms with Crippen molar-refractivity contribution < 1.29 is 14.3 Å². The van der Waals surface area contributed by atoms with Crippen LogP contribution in [0.4, 0.5) is 5.69 Å². The summed E-state index contributed by atoms with van der Waals surface area (Å²) in [5, 5.41) is 3.02. The number of para-hydroxylation sites is 1. The maximum atomic E-state index is 12.6. The monoisotopic (exact) mass is 369 g/mol. The number of amides is 1. The number of aromatic amines is 1. The number of H-pyrrole nitrogens is 1. The molecule has 0 bridgehead atoms. The fourth-order valence-electron chi connectivity index (χ4n) is 3.68. The largest absolute Gasteiger partial charge is 0.462 e. The van der Waals surface area contributed by atoms with E-state index in [1.165, 1.54) is 5.69 Å². The molecule has 1 fully saturated rings. The third-order valence-electron chi connectivity index (χ3n) is 5.10. The molecule has 144 valence electrons. The molecule has 1 atom stereocenters. The minimum atomic E-state index is -0.392. The number of anilines is 1. The van der Waals surface area contributed by atoms with Gasteiger partial charge in [0, 0.05) is 31.0 Å². The van der Waals surface area contributed by atoms with Crippen LogP contribution in [0.2, 0.25) is 0 Å². The number of nitrogens with zero attached hydrogens (tertiary/aromatic N) is 1. The number of nitrogens with one attached hydrogen (secondary N) is 2. The first kappa shape index (κ1) is 19.0. The van der Waals surface area contributed by atoms with Crippen LogP contribution in [0.3, 0.4) is 0 Å². The van der Waals surface area contributed by atoms with Gasteiger partial charge in [0.15, 0.2) is 0 Å². The minimum absolute atomic E-state index is 0.177.